The molecule has 11 heteroatoms. The molecule has 1 aromatic carbocycles. The Kier molecular flexibility index (Phi) is 5.16. The zero-order chi connectivity index (χ0) is 17.7. The van der Waals surface area contributed by atoms with Gasteiger partial charge in [-0.3, -0.25) is 30.3 Å². The molecular formula is C13H10N4O6S. The van der Waals surface area contributed by atoms with Crippen molar-refractivity contribution in [2.45, 2.75) is 6.54 Å². The first kappa shape index (κ1) is 17.0. The van der Waals surface area contributed by atoms with Gasteiger partial charge in [0.1, 0.15) is 5.76 Å². The molecule has 0 unspecified atom stereocenters. The third kappa shape index (κ3) is 4.33. The highest BCUT2D eigenvalue weighted by Gasteiger charge is 2.20. The molecular weight excluding hydrogens is 340 g/mol. The Morgan fingerprint density at radius 1 is 1.17 bits per heavy atom. The largest absolute Gasteiger partial charge is 0.467 e. The molecule has 10 nitrogen and oxygen atoms in total. The van der Waals surface area contributed by atoms with Gasteiger partial charge >= 0.3 is 0 Å². The summed E-state index contributed by atoms with van der Waals surface area (Å²) in [4.78, 5) is 32.0. The number of carbonyl (C=O) groups excluding carboxylic acids is 1. The SMILES string of the molecule is O=C(NC(=S)NCc1ccco1)c1cc([N+](=O)[O-])cc([N+](=O)[O-])c1. The molecule has 1 amide bonds. The van der Waals surface area contributed by atoms with Crippen molar-refractivity contribution in [1.82, 2.24) is 10.6 Å². The highest BCUT2D eigenvalue weighted by molar-refractivity contribution is 7.80. The van der Waals surface area contributed by atoms with E-state index < -0.39 is 27.1 Å². The van der Waals surface area contributed by atoms with Gasteiger partial charge in [0.25, 0.3) is 17.3 Å². The molecule has 0 saturated carbocycles. The first-order valence-corrected chi connectivity index (χ1v) is 6.83. The summed E-state index contributed by atoms with van der Waals surface area (Å²) in [5, 5.41) is 26.6. The second kappa shape index (κ2) is 7.28. The van der Waals surface area contributed by atoms with Gasteiger partial charge in [0.2, 0.25) is 0 Å². The Morgan fingerprint density at radius 2 is 1.79 bits per heavy atom. The van der Waals surface area contributed by atoms with Gasteiger partial charge in [-0.05, 0) is 24.4 Å². The Bertz CT molecular complexity index is 773. The standard InChI is InChI=1S/C13H10N4O6S/c18-12(15-13(24)14-7-11-2-1-3-23-11)8-4-9(16(19)20)6-10(5-8)17(21)22/h1-6H,7H2,(H2,14,15,18,24). The van der Waals surface area contributed by atoms with E-state index in [1.54, 1.807) is 12.1 Å². The maximum atomic E-state index is 12.1. The molecule has 1 heterocycles. The van der Waals surface area contributed by atoms with Crippen LogP contribution in [0.4, 0.5) is 11.4 Å². The number of nitrogens with one attached hydrogen (secondary N) is 2. The highest BCUT2D eigenvalue weighted by atomic mass is 32.1. The van der Waals surface area contributed by atoms with E-state index in [1.165, 1.54) is 6.26 Å². The molecule has 0 atom stereocenters. The Morgan fingerprint density at radius 3 is 2.29 bits per heavy atom. The van der Waals surface area contributed by atoms with E-state index in [0.717, 1.165) is 18.2 Å². The smallest absolute Gasteiger partial charge is 0.277 e. The molecule has 0 bridgehead atoms. The van der Waals surface area contributed by atoms with Crippen LogP contribution in [0.3, 0.4) is 0 Å². The van der Waals surface area contributed by atoms with E-state index in [0.29, 0.717) is 5.76 Å². The number of nitrogens with zero attached hydrogens (tertiary/aromatic N) is 2. The molecule has 2 N–H and O–H groups in total. The molecule has 0 aliphatic heterocycles. The summed E-state index contributed by atoms with van der Waals surface area (Å²) in [5.41, 5.74) is -1.38. The third-order valence-corrected chi connectivity index (χ3v) is 3.06. The van der Waals surface area contributed by atoms with E-state index in [2.05, 4.69) is 10.6 Å². The molecule has 1 aromatic heterocycles. The molecule has 0 radical (unpaired) electrons. The van der Waals surface area contributed by atoms with Crippen molar-refractivity contribution >= 4 is 34.6 Å². The Labute approximate surface area is 139 Å². The lowest BCUT2D eigenvalue weighted by Crippen LogP contribution is -2.38. The monoisotopic (exact) mass is 350 g/mol. The zero-order valence-corrected chi connectivity index (χ0v) is 12.7. The third-order valence-electron chi connectivity index (χ3n) is 2.82. The number of carbonyl (C=O) groups is 1. The fraction of sp³-hybridized carbons (Fsp3) is 0.0769. The Balaban J connectivity index is 2.09. The zero-order valence-electron chi connectivity index (χ0n) is 11.9. The average molecular weight is 350 g/mol. The average Bonchev–Trinajstić information content (AvgIpc) is 3.05. The molecule has 0 fully saturated rings. The number of nitro groups is 2. The van der Waals surface area contributed by atoms with Gasteiger partial charge in [-0.15, -0.1) is 0 Å². The summed E-state index contributed by atoms with van der Waals surface area (Å²) in [6.07, 6.45) is 1.47. The molecule has 2 rings (SSSR count). The van der Waals surface area contributed by atoms with Crippen LogP contribution < -0.4 is 10.6 Å². The Hall–Kier alpha value is -3.34. The lowest BCUT2D eigenvalue weighted by Gasteiger charge is -2.08. The summed E-state index contributed by atoms with van der Waals surface area (Å²) in [7, 11) is 0. The first-order valence-electron chi connectivity index (χ1n) is 6.42. The van der Waals surface area contributed by atoms with E-state index in [4.69, 9.17) is 16.6 Å². The van der Waals surface area contributed by atoms with Crippen molar-refractivity contribution in [3.63, 3.8) is 0 Å². The molecule has 2 aromatic rings. The molecule has 24 heavy (non-hydrogen) atoms. The number of nitro benzene ring substituents is 2. The number of benzene rings is 1. The topological polar surface area (TPSA) is 141 Å². The molecule has 0 aliphatic carbocycles. The van der Waals surface area contributed by atoms with Crippen LogP contribution in [0, 0.1) is 20.2 Å². The maximum absolute atomic E-state index is 12.1. The number of hydrogen-bond acceptors (Lipinski definition) is 7. The van der Waals surface area contributed by atoms with Crippen LogP contribution in [0.2, 0.25) is 0 Å². The summed E-state index contributed by atoms with van der Waals surface area (Å²) in [5.74, 6) is -0.226. The molecule has 124 valence electrons. The van der Waals surface area contributed by atoms with Gasteiger partial charge in [0, 0.05) is 12.1 Å². The lowest BCUT2D eigenvalue weighted by atomic mass is 10.1. The van der Waals surface area contributed by atoms with E-state index in [9.17, 15) is 25.0 Å². The van der Waals surface area contributed by atoms with Gasteiger partial charge in [0.15, 0.2) is 5.11 Å². The van der Waals surface area contributed by atoms with Crippen LogP contribution in [-0.2, 0) is 6.54 Å². The molecule has 0 saturated heterocycles. The van der Waals surface area contributed by atoms with Crippen molar-refractivity contribution in [3.8, 4) is 0 Å². The quantitative estimate of drug-likeness (QED) is 0.473. The van der Waals surface area contributed by atoms with Crippen LogP contribution in [-0.4, -0.2) is 20.9 Å². The summed E-state index contributed by atoms with van der Waals surface area (Å²) in [6, 6.07) is 6.00. The predicted molar refractivity (Wildman–Crippen MR) is 85.4 cm³/mol. The second-order valence-corrected chi connectivity index (χ2v) is 4.88. The number of hydrogen-bond donors (Lipinski definition) is 2. The van der Waals surface area contributed by atoms with E-state index in [1.807, 2.05) is 0 Å². The van der Waals surface area contributed by atoms with Crippen molar-refractivity contribution < 1.29 is 19.1 Å². The second-order valence-electron chi connectivity index (χ2n) is 4.47. The van der Waals surface area contributed by atoms with Crippen molar-refractivity contribution in [2.24, 2.45) is 0 Å². The lowest BCUT2D eigenvalue weighted by molar-refractivity contribution is -0.394. The fourth-order valence-electron chi connectivity index (χ4n) is 1.74. The molecule has 0 aliphatic rings. The number of amides is 1. The van der Waals surface area contributed by atoms with Gasteiger partial charge < -0.3 is 9.73 Å². The summed E-state index contributed by atoms with van der Waals surface area (Å²) < 4.78 is 5.07. The van der Waals surface area contributed by atoms with Crippen LogP contribution in [0.5, 0.6) is 0 Å². The van der Waals surface area contributed by atoms with Crippen LogP contribution >= 0.6 is 12.2 Å². The van der Waals surface area contributed by atoms with Crippen LogP contribution in [0.15, 0.2) is 41.0 Å². The van der Waals surface area contributed by atoms with Gasteiger partial charge in [-0.25, -0.2) is 0 Å². The normalized spacial score (nSPS) is 10.0. The first-order chi connectivity index (χ1) is 11.4. The number of furan rings is 1. The van der Waals surface area contributed by atoms with Gasteiger partial charge in [-0.1, -0.05) is 0 Å². The summed E-state index contributed by atoms with van der Waals surface area (Å²) >= 11 is 4.92. The fourth-order valence-corrected chi connectivity index (χ4v) is 1.90. The predicted octanol–water partition coefficient (Wildman–Crippen LogP) is 1.90. The number of non-ortho nitro benzene ring substituents is 2. The minimum absolute atomic E-state index is 0.0504. The summed E-state index contributed by atoms with van der Waals surface area (Å²) in [6.45, 7) is 0.223. The van der Waals surface area contributed by atoms with Gasteiger partial charge in [-0.2, -0.15) is 0 Å². The maximum Gasteiger partial charge on any atom is 0.277 e. The van der Waals surface area contributed by atoms with E-state index >= 15 is 0 Å². The number of thiocarbonyl (C=S) groups is 1. The van der Waals surface area contributed by atoms with Crippen molar-refractivity contribution in [1.29, 1.82) is 0 Å². The van der Waals surface area contributed by atoms with Crippen molar-refractivity contribution in [2.75, 3.05) is 0 Å². The van der Waals surface area contributed by atoms with Crippen LogP contribution in [0.25, 0.3) is 0 Å². The van der Waals surface area contributed by atoms with Crippen molar-refractivity contribution in [3.05, 3.63) is 68.1 Å². The van der Waals surface area contributed by atoms with Crippen LogP contribution in [0.1, 0.15) is 16.1 Å². The number of rotatable bonds is 5. The van der Waals surface area contributed by atoms with E-state index in [-0.39, 0.29) is 17.2 Å². The minimum Gasteiger partial charge on any atom is -0.467 e. The van der Waals surface area contributed by atoms with Gasteiger partial charge in [0.05, 0.1) is 34.3 Å². The minimum atomic E-state index is -0.822. The molecule has 0 spiro atoms. The highest BCUT2D eigenvalue weighted by Crippen LogP contribution is 2.22.